The van der Waals surface area contributed by atoms with E-state index in [1.165, 1.54) is 31.4 Å². The second kappa shape index (κ2) is 6.81. The van der Waals surface area contributed by atoms with Gasteiger partial charge < -0.3 is 14.7 Å². The minimum absolute atomic E-state index is 0.380. The number of rotatable bonds is 4. The van der Waals surface area contributed by atoms with Crippen LogP contribution in [-0.2, 0) is 0 Å². The number of hydrogen-bond acceptors (Lipinski definition) is 4. The van der Waals surface area contributed by atoms with Gasteiger partial charge in [-0.1, -0.05) is 19.1 Å². The molecule has 1 aromatic carbocycles. The van der Waals surface area contributed by atoms with Gasteiger partial charge in [0.2, 0.25) is 0 Å². The Morgan fingerprint density at radius 3 is 2.44 bits per heavy atom. The van der Waals surface area contributed by atoms with Gasteiger partial charge in [-0.15, -0.1) is 0 Å². The van der Waals surface area contributed by atoms with Crippen LogP contribution in [0, 0.1) is 11.8 Å². The SMILES string of the molecule is COc1ccccc1N1CCC(N2CC[C@@](O)(C3CC3)[C@H](C)C2)CC1. The number of nitrogens with zero attached hydrogens (tertiary/aromatic N) is 2. The molecule has 1 N–H and O–H groups in total. The lowest BCUT2D eigenvalue weighted by molar-refractivity contribution is -0.0907. The third-order valence-corrected chi connectivity index (χ3v) is 6.85. The van der Waals surface area contributed by atoms with Gasteiger partial charge in [0.25, 0.3) is 0 Å². The molecule has 3 fully saturated rings. The van der Waals surface area contributed by atoms with Crippen LogP contribution in [0.4, 0.5) is 5.69 Å². The Balaban J connectivity index is 1.35. The number of benzene rings is 1. The van der Waals surface area contributed by atoms with Gasteiger partial charge in [0.1, 0.15) is 5.75 Å². The average molecular weight is 344 g/mol. The number of hydrogen-bond donors (Lipinski definition) is 1. The lowest BCUT2D eigenvalue weighted by atomic mass is 9.77. The van der Waals surface area contributed by atoms with Gasteiger partial charge in [-0.2, -0.15) is 0 Å². The van der Waals surface area contributed by atoms with Crippen LogP contribution in [0.5, 0.6) is 5.75 Å². The second-order valence-corrected chi connectivity index (χ2v) is 8.30. The molecular formula is C21H32N2O2. The van der Waals surface area contributed by atoms with E-state index in [0.717, 1.165) is 38.3 Å². The summed E-state index contributed by atoms with van der Waals surface area (Å²) in [5, 5.41) is 11.0. The zero-order chi connectivity index (χ0) is 17.4. The van der Waals surface area contributed by atoms with Crippen LogP contribution >= 0.6 is 0 Å². The van der Waals surface area contributed by atoms with Crippen molar-refractivity contribution in [1.29, 1.82) is 0 Å². The number of methoxy groups -OCH3 is 1. The number of piperidine rings is 2. The standard InChI is InChI=1S/C21H32N2O2/c1-16-15-23(14-11-21(16,24)17-7-8-17)18-9-12-22(13-10-18)19-5-3-4-6-20(19)25-2/h3-6,16-18,24H,7-15H2,1-2H3/t16-,21+/m1/s1. The summed E-state index contributed by atoms with van der Waals surface area (Å²) in [6, 6.07) is 9.00. The summed E-state index contributed by atoms with van der Waals surface area (Å²) in [5.74, 6) is 1.96. The van der Waals surface area contributed by atoms with E-state index in [9.17, 15) is 5.11 Å². The van der Waals surface area contributed by atoms with E-state index in [4.69, 9.17) is 4.74 Å². The van der Waals surface area contributed by atoms with Gasteiger partial charge in [-0.25, -0.2) is 0 Å². The Morgan fingerprint density at radius 1 is 1.08 bits per heavy atom. The number of aliphatic hydroxyl groups is 1. The monoisotopic (exact) mass is 344 g/mol. The molecule has 0 amide bonds. The Bertz CT molecular complexity index is 595. The highest BCUT2D eigenvalue weighted by Crippen LogP contribution is 2.48. The first kappa shape index (κ1) is 17.2. The maximum atomic E-state index is 11.0. The normalized spacial score (nSPS) is 32.0. The quantitative estimate of drug-likeness (QED) is 0.910. The fourth-order valence-electron chi connectivity index (χ4n) is 5.05. The van der Waals surface area contributed by atoms with Gasteiger partial charge in [0.15, 0.2) is 0 Å². The summed E-state index contributed by atoms with van der Waals surface area (Å²) in [4.78, 5) is 5.12. The highest BCUT2D eigenvalue weighted by Gasteiger charge is 2.50. The molecule has 0 aromatic heterocycles. The molecule has 3 aliphatic rings. The molecule has 4 rings (SSSR count). The Morgan fingerprint density at radius 2 is 1.80 bits per heavy atom. The zero-order valence-electron chi connectivity index (χ0n) is 15.7. The van der Waals surface area contributed by atoms with E-state index >= 15 is 0 Å². The first-order valence-corrected chi connectivity index (χ1v) is 9.96. The third-order valence-electron chi connectivity index (χ3n) is 6.85. The largest absolute Gasteiger partial charge is 0.495 e. The molecule has 4 heteroatoms. The van der Waals surface area contributed by atoms with E-state index in [0.29, 0.717) is 17.9 Å². The topological polar surface area (TPSA) is 35.9 Å². The number of anilines is 1. The van der Waals surface area contributed by atoms with Crippen molar-refractivity contribution in [2.24, 2.45) is 11.8 Å². The fraction of sp³-hybridized carbons (Fsp3) is 0.714. The highest BCUT2D eigenvalue weighted by atomic mass is 16.5. The Labute approximate surface area is 151 Å². The minimum atomic E-state index is -0.380. The van der Waals surface area contributed by atoms with Gasteiger partial charge in [-0.3, -0.25) is 4.90 Å². The van der Waals surface area contributed by atoms with Crippen LogP contribution in [0.3, 0.4) is 0 Å². The number of likely N-dealkylation sites (tertiary alicyclic amines) is 1. The maximum Gasteiger partial charge on any atom is 0.142 e. The average Bonchev–Trinajstić information content (AvgIpc) is 3.50. The highest BCUT2D eigenvalue weighted by molar-refractivity contribution is 5.58. The lowest BCUT2D eigenvalue weighted by Crippen LogP contribution is -2.56. The van der Waals surface area contributed by atoms with E-state index < -0.39 is 0 Å². The van der Waals surface area contributed by atoms with Crippen LogP contribution in [0.25, 0.3) is 0 Å². The van der Waals surface area contributed by atoms with Crippen molar-refractivity contribution >= 4 is 5.69 Å². The van der Waals surface area contributed by atoms with E-state index in [1.807, 2.05) is 12.1 Å². The molecule has 0 spiro atoms. The fourth-order valence-corrected chi connectivity index (χ4v) is 5.05. The second-order valence-electron chi connectivity index (χ2n) is 8.30. The van der Waals surface area contributed by atoms with Gasteiger partial charge >= 0.3 is 0 Å². The van der Waals surface area contributed by atoms with E-state index in [2.05, 4.69) is 28.9 Å². The molecule has 1 aliphatic carbocycles. The molecule has 1 aromatic rings. The van der Waals surface area contributed by atoms with Crippen LogP contribution < -0.4 is 9.64 Å². The first-order chi connectivity index (χ1) is 12.1. The minimum Gasteiger partial charge on any atom is -0.495 e. The number of para-hydroxylation sites is 2. The Hall–Kier alpha value is -1.26. The summed E-state index contributed by atoms with van der Waals surface area (Å²) in [7, 11) is 1.75. The Kier molecular flexibility index (Phi) is 4.67. The van der Waals surface area contributed by atoms with Crippen molar-refractivity contribution in [2.75, 3.05) is 38.2 Å². The first-order valence-electron chi connectivity index (χ1n) is 9.96. The van der Waals surface area contributed by atoms with Crippen LogP contribution in [0.1, 0.15) is 39.0 Å². The molecule has 25 heavy (non-hydrogen) atoms. The maximum absolute atomic E-state index is 11.0. The predicted octanol–water partition coefficient (Wildman–Crippen LogP) is 3.15. The summed E-state index contributed by atoms with van der Waals surface area (Å²) >= 11 is 0. The lowest BCUT2D eigenvalue weighted by Gasteiger charge is -2.48. The third kappa shape index (κ3) is 3.26. The van der Waals surface area contributed by atoms with Crippen molar-refractivity contribution in [3.63, 3.8) is 0 Å². The molecule has 0 radical (unpaired) electrons. The summed E-state index contributed by atoms with van der Waals surface area (Å²) in [5.41, 5.74) is 0.841. The predicted molar refractivity (Wildman–Crippen MR) is 101 cm³/mol. The van der Waals surface area contributed by atoms with Crippen LogP contribution in [-0.4, -0.2) is 54.9 Å². The molecule has 2 atom stereocenters. The van der Waals surface area contributed by atoms with Crippen molar-refractivity contribution < 1.29 is 9.84 Å². The van der Waals surface area contributed by atoms with Crippen molar-refractivity contribution in [1.82, 2.24) is 4.90 Å². The van der Waals surface area contributed by atoms with Crippen molar-refractivity contribution in [3.8, 4) is 5.75 Å². The molecule has 138 valence electrons. The van der Waals surface area contributed by atoms with Gasteiger partial charge in [0, 0.05) is 32.2 Å². The summed E-state index contributed by atoms with van der Waals surface area (Å²) in [6.45, 7) is 6.56. The summed E-state index contributed by atoms with van der Waals surface area (Å²) < 4.78 is 5.53. The van der Waals surface area contributed by atoms with Crippen LogP contribution in [0.2, 0.25) is 0 Å². The molecule has 2 saturated heterocycles. The zero-order valence-corrected chi connectivity index (χ0v) is 15.7. The van der Waals surface area contributed by atoms with E-state index in [1.54, 1.807) is 7.11 Å². The van der Waals surface area contributed by atoms with E-state index in [-0.39, 0.29) is 5.60 Å². The summed E-state index contributed by atoms with van der Waals surface area (Å²) in [6.07, 6.45) is 5.83. The molecule has 1 saturated carbocycles. The molecule has 2 aliphatic heterocycles. The van der Waals surface area contributed by atoms with Crippen molar-refractivity contribution in [3.05, 3.63) is 24.3 Å². The van der Waals surface area contributed by atoms with Gasteiger partial charge in [0.05, 0.1) is 18.4 Å². The molecule has 4 nitrogen and oxygen atoms in total. The van der Waals surface area contributed by atoms with Crippen LogP contribution in [0.15, 0.2) is 24.3 Å². The number of ether oxygens (including phenoxy) is 1. The van der Waals surface area contributed by atoms with Crippen molar-refractivity contribution in [2.45, 2.75) is 50.7 Å². The molecule has 0 bridgehead atoms. The molecular weight excluding hydrogens is 312 g/mol. The van der Waals surface area contributed by atoms with Gasteiger partial charge in [-0.05, 0) is 56.1 Å². The molecule has 0 unspecified atom stereocenters. The smallest absolute Gasteiger partial charge is 0.142 e. The molecule has 2 heterocycles.